The van der Waals surface area contributed by atoms with Crippen LogP contribution in [0.4, 0.5) is 5.69 Å². The summed E-state index contributed by atoms with van der Waals surface area (Å²) < 4.78 is 5.18. The number of anilines is 1. The molecule has 3 aromatic rings. The van der Waals surface area contributed by atoms with E-state index in [1.54, 1.807) is 18.2 Å². The Morgan fingerprint density at radius 2 is 1.90 bits per heavy atom. The van der Waals surface area contributed by atoms with E-state index in [1.807, 2.05) is 24.3 Å². The lowest BCUT2D eigenvalue weighted by Crippen LogP contribution is -1.91. The van der Waals surface area contributed by atoms with Gasteiger partial charge in [-0.15, -0.1) is 0 Å². The molecule has 6 heteroatoms. The molecule has 0 saturated heterocycles. The number of phenolic OH excluding ortho intramolecular Hbond substituents is 1. The molecule has 0 amide bonds. The average molecular weight is 302 g/mol. The number of nitrogen functional groups attached to an aromatic ring is 1. The van der Waals surface area contributed by atoms with E-state index in [9.17, 15) is 5.11 Å². The minimum atomic E-state index is -0.0563. The van der Waals surface area contributed by atoms with Crippen molar-refractivity contribution in [3.63, 3.8) is 0 Å². The Morgan fingerprint density at radius 1 is 1.14 bits per heavy atom. The number of nitrogens with zero attached hydrogens (tertiary/aromatic N) is 2. The monoisotopic (exact) mass is 301 g/mol. The highest BCUT2D eigenvalue weighted by Gasteiger charge is 2.14. The van der Waals surface area contributed by atoms with E-state index in [1.165, 1.54) is 0 Å². The summed E-state index contributed by atoms with van der Waals surface area (Å²) in [5.74, 6) is 0.706. The summed E-state index contributed by atoms with van der Waals surface area (Å²) in [6.07, 6.45) is 0.518. The molecule has 0 radical (unpaired) electrons. The summed E-state index contributed by atoms with van der Waals surface area (Å²) in [6, 6.07) is 12.4. The second-order valence-corrected chi connectivity index (χ2v) is 5.00. The molecule has 0 spiro atoms. The normalized spacial score (nSPS) is 10.7. The summed E-state index contributed by atoms with van der Waals surface area (Å²) in [6.45, 7) is 0. The third-order valence-corrected chi connectivity index (χ3v) is 3.29. The maximum Gasteiger partial charge on any atom is 0.261 e. The number of rotatable bonds is 3. The van der Waals surface area contributed by atoms with Crippen molar-refractivity contribution in [2.75, 3.05) is 5.73 Å². The van der Waals surface area contributed by atoms with Crippen LogP contribution in [-0.4, -0.2) is 15.2 Å². The van der Waals surface area contributed by atoms with Gasteiger partial charge in [-0.05, 0) is 29.8 Å². The molecular weight excluding hydrogens is 290 g/mol. The van der Waals surface area contributed by atoms with E-state index in [-0.39, 0.29) is 17.3 Å². The fraction of sp³-hybridized carbons (Fsp3) is 0.0667. The van der Waals surface area contributed by atoms with Crippen LogP contribution in [-0.2, 0) is 6.42 Å². The van der Waals surface area contributed by atoms with Gasteiger partial charge in [0.2, 0.25) is 0 Å². The number of benzene rings is 2. The van der Waals surface area contributed by atoms with E-state index in [0.717, 1.165) is 5.56 Å². The number of phenols is 1. The Labute approximate surface area is 126 Å². The maximum absolute atomic E-state index is 9.91. The number of aromatic hydroxyl groups is 1. The lowest BCUT2D eigenvalue weighted by Gasteiger charge is -2.01. The molecule has 0 bridgehead atoms. The lowest BCUT2D eigenvalue weighted by atomic mass is 10.1. The van der Waals surface area contributed by atoms with Crippen molar-refractivity contribution in [3.05, 3.63) is 58.9 Å². The van der Waals surface area contributed by atoms with E-state index in [0.29, 0.717) is 22.8 Å². The Bertz CT molecular complexity index is 769. The molecule has 21 heavy (non-hydrogen) atoms. The first-order valence-corrected chi connectivity index (χ1v) is 6.66. The fourth-order valence-electron chi connectivity index (χ4n) is 1.95. The molecule has 106 valence electrons. The summed E-state index contributed by atoms with van der Waals surface area (Å²) in [5, 5.41) is 14.5. The molecular formula is C15H12ClN3O2. The van der Waals surface area contributed by atoms with Crippen molar-refractivity contribution in [2.24, 2.45) is 0 Å². The van der Waals surface area contributed by atoms with Gasteiger partial charge in [-0.2, -0.15) is 4.98 Å². The van der Waals surface area contributed by atoms with Crippen LogP contribution < -0.4 is 5.73 Å². The lowest BCUT2D eigenvalue weighted by molar-refractivity contribution is 0.419. The van der Waals surface area contributed by atoms with Crippen molar-refractivity contribution in [2.45, 2.75) is 6.42 Å². The largest absolute Gasteiger partial charge is 0.505 e. The molecule has 1 aromatic heterocycles. The van der Waals surface area contributed by atoms with Crippen LogP contribution >= 0.6 is 11.6 Å². The smallest absolute Gasteiger partial charge is 0.261 e. The average Bonchev–Trinajstić information content (AvgIpc) is 2.93. The first-order chi connectivity index (χ1) is 10.1. The van der Waals surface area contributed by atoms with Crippen LogP contribution in [0.25, 0.3) is 11.5 Å². The zero-order valence-electron chi connectivity index (χ0n) is 11.0. The van der Waals surface area contributed by atoms with Crippen LogP contribution in [0.15, 0.2) is 47.0 Å². The number of halogens is 1. The molecule has 0 atom stereocenters. The quantitative estimate of drug-likeness (QED) is 0.573. The third kappa shape index (κ3) is 2.83. The summed E-state index contributed by atoms with van der Waals surface area (Å²) in [4.78, 5) is 4.27. The minimum absolute atomic E-state index is 0.0563. The van der Waals surface area contributed by atoms with E-state index in [2.05, 4.69) is 10.1 Å². The summed E-state index contributed by atoms with van der Waals surface area (Å²) in [5.41, 5.74) is 7.36. The molecule has 1 heterocycles. The molecule has 0 saturated carbocycles. The molecule has 0 aliphatic rings. The zero-order chi connectivity index (χ0) is 14.8. The Balaban J connectivity index is 1.86. The Morgan fingerprint density at radius 3 is 2.67 bits per heavy atom. The Hall–Kier alpha value is -2.53. The van der Waals surface area contributed by atoms with E-state index in [4.69, 9.17) is 21.9 Å². The molecule has 0 aliphatic carbocycles. The first kappa shape index (κ1) is 13.5. The second kappa shape index (κ2) is 5.46. The van der Waals surface area contributed by atoms with Crippen molar-refractivity contribution in [1.29, 1.82) is 0 Å². The van der Waals surface area contributed by atoms with Gasteiger partial charge < -0.3 is 15.4 Å². The number of hydrogen-bond acceptors (Lipinski definition) is 5. The maximum atomic E-state index is 9.91. The molecule has 3 N–H and O–H groups in total. The highest BCUT2D eigenvalue weighted by molar-refractivity contribution is 6.30. The second-order valence-electron chi connectivity index (χ2n) is 4.56. The van der Waals surface area contributed by atoms with E-state index >= 15 is 0 Å². The van der Waals surface area contributed by atoms with Gasteiger partial charge in [0.05, 0.1) is 11.3 Å². The first-order valence-electron chi connectivity index (χ1n) is 6.28. The van der Waals surface area contributed by atoms with E-state index < -0.39 is 0 Å². The minimum Gasteiger partial charge on any atom is -0.505 e. The van der Waals surface area contributed by atoms with Crippen LogP contribution in [0.5, 0.6) is 5.75 Å². The molecule has 2 aromatic carbocycles. The summed E-state index contributed by atoms with van der Waals surface area (Å²) >= 11 is 5.84. The molecule has 5 nitrogen and oxygen atoms in total. The standard InChI is InChI=1S/C15H12ClN3O2/c16-10-6-4-9(5-7-10)8-13-18-15(21-19-13)11-2-1-3-12(17)14(11)20/h1-7,20H,8,17H2. The van der Waals surface area contributed by atoms with Crippen molar-refractivity contribution in [1.82, 2.24) is 10.1 Å². The Kier molecular flexibility index (Phi) is 3.50. The number of aromatic nitrogens is 2. The number of nitrogens with two attached hydrogens (primary N) is 1. The molecule has 0 fully saturated rings. The van der Waals surface area contributed by atoms with Crippen LogP contribution in [0.3, 0.4) is 0 Å². The fourth-order valence-corrected chi connectivity index (χ4v) is 2.08. The predicted octanol–water partition coefficient (Wildman–Crippen LogP) is 3.27. The summed E-state index contributed by atoms with van der Waals surface area (Å²) in [7, 11) is 0. The van der Waals surface area contributed by atoms with Crippen molar-refractivity contribution in [3.8, 4) is 17.2 Å². The molecule has 0 aliphatic heterocycles. The highest BCUT2D eigenvalue weighted by atomic mass is 35.5. The van der Waals surface area contributed by atoms with Gasteiger partial charge >= 0.3 is 0 Å². The van der Waals surface area contributed by atoms with Gasteiger partial charge in [0.15, 0.2) is 11.6 Å². The van der Waals surface area contributed by atoms with Gasteiger partial charge in [-0.1, -0.05) is 35.0 Å². The third-order valence-electron chi connectivity index (χ3n) is 3.04. The SMILES string of the molecule is Nc1cccc(-c2nc(Cc3ccc(Cl)cc3)no2)c1O. The van der Waals surface area contributed by atoms with Crippen LogP contribution in [0, 0.1) is 0 Å². The van der Waals surface area contributed by atoms with Crippen molar-refractivity contribution >= 4 is 17.3 Å². The highest BCUT2D eigenvalue weighted by Crippen LogP contribution is 2.32. The van der Waals surface area contributed by atoms with Gasteiger partial charge in [0.1, 0.15) is 0 Å². The number of hydrogen-bond donors (Lipinski definition) is 2. The molecule has 0 unspecified atom stereocenters. The van der Waals surface area contributed by atoms with Gasteiger partial charge in [0, 0.05) is 11.4 Å². The van der Waals surface area contributed by atoms with Gasteiger partial charge in [-0.3, -0.25) is 0 Å². The van der Waals surface area contributed by atoms with Gasteiger partial charge in [-0.25, -0.2) is 0 Å². The molecule has 3 rings (SSSR count). The van der Waals surface area contributed by atoms with Crippen LogP contribution in [0.1, 0.15) is 11.4 Å². The number of para-hydroxylation sites is 1. The van der Waals surface area contributed by atoms with Gasteiger partial charge in [0.25, 0.3) is 5.89 Å². The predicted molar refractivity (Wildman–Crippen MR) is 80.1 cm³/mol. The topological polar surface area (TPSA) is 85.2 Å². The zero-order valence-corrected chi connectivity index (χ0v) is 11.7. The van der Waals surface area contributed by atoms with Crippen LogP contribution in [0.2, 0.25) is 5.02 Å². The van der Waals surface area contributed by atoms with Crippen molar-refractivity contribution < 1.29 is 9.63 Å².